The van der Waals surface area contributed by atoms with Crippen LogP contribution in [0.4, 0.5) is 20.2 Å². The van der Waals surface area contributed by atoms with Gasteiger partial charge in [0, 0.05) is 18.7 Å². The summed E-state index contributed by atoms with van der Waals surface area (Å²) in [6.07, 6.45) is 2.08. The lowest BCUT2D eigenvalue weighted by atomic mass is 10.1. The van der Waals surface area contributed by atoms with E-state index in [1.54, 1.807) is 0 Å². The summed E-state index contributed by atoms with van der Waals surface area (Å²) in [5, 5.41) is 3.15. The molecule has 1 fully saturated rings. The third kappa shape index (κ3) is 2.90. The smallest absolute Gasteiger partial charge is 0.151 e. The maximum Gasteiger partial charge on any atom is 0.151 e. The van der Waals surface area contributed by atoms with Gasteiger partial charge in [0.15, 0.2) is 5.82 Å². The molecular formula is C13H19F2N3. The van der Waals surface area contributed by atoms with E-state index in [1.807, 2.05) is 0 Å². The average Bonchev–Trinajstić information content (AvgIpc) is 2.35. The number of nitrogens with one attached hydrogen (secondary N) is 1. The maximum absolute atomic E-state index is 13.3. The molecule has 3 N–H and O–H groups in total. The highest BCUT2D eigenvalue weighted by atomic mass is 19.1. The van der Waals surface area contributed by atoms with Crippen LogP contribution in [0.3, 0.4) is 0 Å². The van der Waals surface area contributed by atoms with Crippen LogP contribution in [0.1, 0.15) is 19.8 Å². The number of nitrogens with two attached hydrogens (primary N) is 1. The van der Waals surface area contributed by atoms with Crippen LogP contribution in [-0.2, 0) is 0 Å². The zero-order valence-corrected chi connectivity index (χ0v) is 10.5. The maximum atomic E-state index is 13.3. The Kier molecular flexibility index (Phi) is 4.01. The van der Waals surface area contributed by atoms with Gasteiger partial charge < -0.3 is 16.0 Å². The molecular weight excluding hydrogens is 236 g/mol. The predicted molar refractivity (Wildman–Crippen MR) is 69.5 cm³/mol. The molecule has 5 heteroatoms. The Labute approximate surface area is 106 Å². The zero-order valence-electron chi connectivity index (χ0n) is 10.5. The Bertz CT molecular complexity index is 423. The molecule has 0 aliphatic carbocycles. The normalized spacial score (nSPS) is 20.9. The number of likely N-dealkylation sites (N-methyl/N-ethyl adjacent to an activating group) is 1. The highest BCUT2D eigenvalue weighted by molar-refractivity contribution is 5.67. The summed E-state index contributed by atoms with van der Waals surface area (Å²) in [6, 6.07) is 2.26. The zero-order chi connectivity index (χ0) is 13.1. The minimum absolute atomic E-state index is 0.00924. The molecule has 0 spiro atoms. The van der Waals surface area contributed by atoms with Crippen molar-refractivity contribution in [1.29, 1.82) is 0 Å². The van der Waals surface area contributed by atoms with Crippen molar-refractivity contribution in [2.24, 2.45) is 0 Å². The molecule has 1 aliphatic heterocycles. The Morgan fingerprint density at radius 3 is 2.94 bits per heavy atom. The van der Waals surface area contributed by atoms with Gasteiger partial charge in [0.25, 0.3) is 0 Å². The Morgan fingerprint density at radius 2 is 2.22 bits per heavy atom. The fraction of sp³-hybridized carbons (Fsp3) is 0.538. The molecule has 1 saturated heterocycles. The van der Waals surface area contributed by atoms with Crippen molar-refractivity contribution >= 4 is 11.4 Å². The summed E-state index contributed by atoms with van der Waals surface area (Å²) in [5.74, 6) is -1.31. The first-order chi connectivity index (χ1) is 8.60. The molecule has 18 heavy (non-hydrogen) atoms. The molecule has 0 bridgehead atoms. The Morgan fingerprint density at radius 1 is 1.44 bits per heavy atom. The van der Waals surface area contributed by atoms with Gasteiger partial charge >= 0.3 is 0 Å². The first-order valence-electron chi connectivity index (χ1n) is 6.33. The van der Waals surface area contributed by atoms with Crippen LogP contribution in [0.2, 0.25) is 0 Å². The fourth-order valence-corrected chi connectivity index (χ4v) is 2.38. The van der Waals surface area contributed by atoms with Crippen molar-refractivity contribution in [3.8, 4) is 0 Å². The van der Waals surface area contributed by atoms with Crippen molar-refractivity contribution in [3.05, 3.63) is 23.8 Å². The molecule has 1 atom stereocenters. The highest BCUT2D eigenvalue weighted by Gasteiger charge is 2.20. The topological polar surface area (TPSA) is 41.3 Å². The van der Waals surface area contributed by atoms with Crippen LogP contribution in [0.5, 0.6) is 0 Å². The van der Waals surface area contributed by atoms with Gasteiger partial charge in [0.05, 0.1) is 11.4 Å². The van der Waals surface area contributed by atoms with E-state index in [-0.39, 0.29) is 11.7 Å². The van der Waals surface area contributed by atoms with Gasteiger partial charge in [-0.05, 0) is 32.0 Å². The molecule has 1 aliphatic rings. The van der Waals surface area contributed by atoms with E-state index in [4.69, 9.17) is 5.73 Å². The third-order valence-electron chi connectivity index (χ3n) is 3.41. The van der Waals surface area contributed by atoms with Gasteiger partial charge in [-0.3, -0.25) is 0 Å². The number of piperidine rings is 1. The average molecular weight is 255 g/mol. The first-order valence-corrected chi connectivity index (χ1v) is 6.33. The number of anilines is 2. The molecule has 0 saturated carbocycles. The van der Waals surface area contributed by atoms with Crippen molar-refractivity contribution in [2.45, 2.75) is 25.8 Å². The van der Waals surface area contributed by atoms with Crippen molar-refractivity contribution < 1.29 is 8.78 Å². The Balaban J connectivity index is 2.09. The lowest BCUT2D eigenvalue weighted by Crippen LogP contribution is -2.41. The van der Waals surface area contributed by atoms with Crippen molar-refractivity contribution in [2.75, 3.05) is 30.7 Å². The molecule has 100 valence electrons. The second-order valence-corrected chi connectivity index (χ2v) is 4.73. The number of hydrogen-bond donors (Lipinski definition) is 2. The molecule has 1 heterocycles. The van der Waals surface area contributed by atoms with Crippen LogP contribution >= 0.6 is 0 Å². The fourth-order valence-electron chi connectivity index (χ4n) is 2.38. The Hall–Kier alpha value is -1.36. The van der Waals surface area contributed by atoms with Gasteiger partial charge in [0.1, 0.15) is 5.82 Å². The number of nitrogen functional groups attached to an aromatic ring is 1. The summed E-state index contributed by atoms with van der Waals surface area (Å²) in [5.41, 5.74) is 5.97. The van der Waals surface area contributed by atoms with E-state index < -0.39 is 11.6 Å². The molecule has 2 rings (SSSR count). The van der Waals surface area contributed by atoms with E-state index in [2.05, 4.69) is 17.1 Å². The van der Waals surface area contributed by atoms with Crippen molar-refractivity contribution in [3.63, 3.8) is 0 Å². The van der Waals surface area contributed by atoms with Gasteiger partial charge in [-0.1, -0.05) is 6.92 Å². The predicted octanol–water partition coefficient (Wildman–Crippen LogP) is 2.44. The number of benzene rings is 1. The van der Waals surface area contributed by atoms with Crippen LogP contribution in [0.15, 0.2) is 12.1 Å². The van der Waals surface area contributed by atoms with Gasteiger partial charge in [-0.15, -0.1) is 0 Å². The van der Waals surface area contributed by atoms with E-state index in [1.165, 1.54) is 6.07 Å². The second-order valence-electron chi connectivity index (χ2n) is 4.73. The summed E-state index contributed by atoms with van der Waals surface area (Å²) in [4.78, 5) is 2.31. The largest absolute Gasteiger partial charge is 0.395 e. The lowest BCUT2D eigenvalue weighted by Gasteiger charge is -2.33. The third-order valence-corrected chi connectivity index (χ3v) is 3.41. The summed E-state index contributed by atoms with van der Waals surface area (Å²) >= 11 is 0. The van der Waals surface area contributed by atoms with Gasteiger partial charge in [-0.25, -0.2) is 8.78 Å². The minimum atomic E-state index is -0.708. The van der Waals surface area contributed by atoms with Crippen LogP contribution < -0.4 is 11.1 Å². The summed E-state index contributed by atoms with van der Waals surface area (Å²) < 4.78 is 26.5. The quantitative estimate of drug-likeness (QED) is 0.815. The summed E-state index contributed by atoms with van der Waals surface area (Å²) in [7, 11) is 0. The lowest BCUT2D eigenvalue weighted by molar-refractivity contribution is 0.227. The molecule has 3 nitrogen and oxygen atoms in total. The standard InChI is InChI=1S/C13H19F2N3/c1-2-18-5-3-4-10(8-18)17-12-7-9(14)6-11(15)13(12)16/h6-7,10,17H,2-5,8,16H2,1H3. The monoisotopic (exact) mass is 255 g/mol. The molecule has 0 amide bonds. The van der Waals surface area contributed by atoms with E-state index in [0.717, 1.165) is 38.5 Å². The molecule has 0 radical (unpaired) electrons. The first kappa shape index (κ1) is 13.1. The number of nitrogens with zero attached hydrogens (tertiary/aromatic N) is 1. The number of hydrogen-bond acceptors (Lipinski definition) is 3. The molecule has 1 aromatic rings. The number of rotatable bonds is 3. The molecule has 1 unspecified atom stereocenters. The molecule has 0 aromatic heterocycles. The van der Waals surface area contributed by atoms with E-state index in [9.17, 15) is 8.78 Å². The second kappa shape index (κ2) is 5.52. The van der Waals surface area contributed by atoms with E-state index >= 15 is 0 Å². The van der Waals surface area contributed by atoms with Crippen molar-refractivity contribution in [1.82, 2.24) is 4.90 Å². The number of halogens is 2. The number of likely N-dealkylation sites (tertiary alicyclic amines) is 1. The highest BCUT2D eigenvalue weighted by Crippen LogP contribution is 2.25. The van der Waals surface area contributed by atoms with Crippen LogP contribution in [0, 0.1) is 11.6 Å². The summed E-state index contributed by atoms with van der Waals surface area (Å²) in [6.45, 7) is 5.07. The van der Waals surface area contributed by atoms with Gasteiger partial charge in [-0.2, -0.15) is 0 Å². The van der Waals surface area contributed by atoms with E-state index in [0.29, 0.717) is 5.69 Å². The van der Waals surface area contributed by atoms with Gasteiger partial charge in [0.2, 0.25) is 0 Å². The SMILES string of the molecule is CCN1CCCC(Nc2cc(F)cc(F)c2N)C1. The van der Waals surface area contributed by atoms with Crippen LogP contribution in [-0.4, -0.2) is 30.6 Å². The van der Waals surface area contributed by atoms with Crippen LogP contribution in [0.25, 0.3) is 0 Å². The molecule has 1 aromatic carbocycles. The minimum Gasteiger partial charge on any atom is -0.395 e.